The van der Waals surface area contributed by atoms with Gasteiger partial charge in [-0.05, 0) is 12.0 Å². The quantitative estimate of drug-likeness (QED) is 0.808. The minimum absolute atomic E-state index is 0.433. The highest BCUT2D eigenvalue weighted by Gasteiger charge is 2.33. The second kappa shape index (κ2) is 5.01. The Morgan fingerprint density at radius 2 is 2.06 bits per heavy atom. The summed E-state index contributed by atoms with van der Waals surface area (Å²) in [4.78, 5) is 15.6. The zero-order valence-electron chi connectivity index (χ0n) is 9.99. The molecule has 0 fully saturated rings. The minimum atomic E-state index is -1.15. The van der Waals surface area contributed by atoms with E-state index in [4.69, 9.17) is 11.5 Å². The van der Waals surface area contributed by atoms with Crippen LogP contribution in [0.2, 0.25) is 0 Å². The predicted octanol–water partition coefficient (Wildman–Crippen LogP) is 0.613. The first-order valence-corrected chi connectivity index (χ1v) is 5.73. The van der Waals surface area contributed by atoms with Crippen molar-refractivity contribution < 1.29 is 4.79 Å². The van der Waals surface area contributed by atoms with Crippen molar-refractivity contribution in [3.05, 3.63) is 54.6 Å². The van der Waals surface area contributed by atoms with Crippen molar-refractivity contribution in [2.75, 3.05) is 0 Å². The summed E-state index contributed by atoms with van der Waals surface area (Å²) in [6, 6.07) is 9.20. The third kappa shape index (κ3) is 2.41. The van der Waals surface area contributed by atoms with Crippen LogP contribution in [0.15, 0.2) is 49.1 Å². The lowest BCUT2D eigenvalue weighted by Gasteiger charge is -2.26. The maximum Gasteiger partial charge on any atom is 0.242 e. The molecule has 1 aromatic heterocycles. The van der Waals surface area contributed by atoms with E-state index in [0.29, 0.717) is 13.0 Å². The number of rotatable bonds is 5. The number of carbonyl (C=O) groups excluding carboxylic acids is 1. The molecule has 1 unspecified atom stereocenters. The van der Waals surface area contributed by atoms with Gasteiger partial charge in [0.2, 0.25) is 5.91 Å². The van der Waals surface area contributed by atoms with Crippen molar-refractivity contribution in [2.24, 2.45) is 11.5 Å². The van der Waals surface area contributed by atoms with Crippen LogP contribution in [0.25, 0.3) is 0 Å². The number of benzene rings is 1. The highest BCUT2D eigenvalue weighted by molar-refractivity contribution is 5.85. The molecule has 0 radical (unpaired) electrons. The Morgan fingerprint density at radius 3 is 2.61 bits per heavy atom. The molecule has 94 valence electrons. The van der Waals surface area contributed by atoms with Crippen molar-refractivity contribution in [1.82, 2.24) is 9.55 Å². The Morgan fingerprint density at radius 1 is 1.33 bits per heavy atom. The van der Waals surface area contributed by atoms with Crippen LogP contribution >= 0.6 is 0 Å². The summed E-state index contributed by atoms with van der Waals surface area (Å²) < 4.78 is 1.87. The van der Waals surface area contributed by atoms with Gasteiger partial charge < -0.3 is 16.0 Å². The molecule has 5 nitrogen and oxygen atoms in total. The van der Waals surface area contributed by atoms with Gasteiger partial charge in [-0.1, -0.05) is 30.3 Å². The molecule has 0 aliphatic rings. The number of primary amides is 1. The van der Waals surface area contributed by atoms with Crippen LogP contribution in [0.5, 0.6) is 0 Å². The zero-order valence-corrected chi connectivity index (χ0v) is 9.99. The second-order valence-corrected chi connectivity index (χ2v) is 4.25. The summed E-state index contributed by atoms with van der Waals surface area (Å²) in [7, 11) is 0. The van der Waals surface area contributed by atoms with Crippen LogP contribution in [0.1, 0.15) is 12.0 Å². The molecule has 18 heavy (non-hydrogen) atoms. The largest absolute Gasteiger partial charge is 0.368 e. The van der Waals surface area contributed by atoms with Gasteiger partial charge in [-0.25, -0.2) is 4.98 Å². The first-order valence-electron chi connectivity index (χ1n) is 5.73. The molecule has 4 N–H and O–H groups in total. The number of carbonyl (C=O) groups is 1. The fraction of sp³-hybridized carbons (Fsp3) is 0.231. The standard InChI is InChI=1S/C13H16N4O/c14-12(18)13(15,11-4-2-1-3-5-11)6-8-17-9-7-16-10-17/h1-5,7,9-10H,6,8,15H2,(H2,14,18). The maximum absolute atomic E-state index is 11.7. The summed E-state index contributed by atoms with van der Waals surface area (Å²) in [5.74, 6) is -0.520. The van der Waals surface area contributed by atoms with Crippen LogP contribution in [-0.4, -0.2) is 15.5 Å². The molecule has 0 saturated carbocycles. The number of hydrogen-bond acceptors (Lipinski definition) is 3. The highest BCUT2D eigenvalue weighted by atomic mass is 16.1. The van der Waals surface area contributed by atoms with Crippen LogP contribution in [-0.2, 0) is 16.9 Å². The number of hydrogen-bond donors (Lipinski definition) is 2. The normalized spacial score (nSPS) is 14.1. The SMILES string of the molecule is NC(=O)C(N)(CCn1ccnc1)c1ccccc1. The van der Waals surface area contributed by atoms with E-state index < -0.39 is 11.4 Å². The van der Waals surface area contributed by atoms with Crippen LogP contribution in [0.3, 0.4) is 0 Å². The van der Waals surface area contributed by atoms with E-state index >= 15 is 0 Å². The summed E-state index contributed by atoms with van der Waals surface area (Å²) in [6.07, 6.45) is 5.63. The molecule has 5 heteroatoms. The van der Waals surface area contributed by atoms with Gasteiger partial charge in [-0.15, -0.1) is 0 Å². The monoisotopic (exact) mass is 244 g/mol. The van der Waals surface area contributed by atoms with Gasteiger partial charge in [-0.2, -0.15) is 0 Å². The summed E-state index contributed by atoms with van der Waals surface area (Å²) in [6.45, 7) is 0.592. The van der Waals surface area contributed by atoms with Crippen molar-refractivity contribution in [1.29, 1.82) is 0 Å². The van der Waals surface area contributed by atoms with Gasteiger partial charge in [0.25, 0.3) is 0 Å². The Kier molecular flexibility index (Phi) is 3.43. The third-order valence-corrected chi connectivity index (χ3v) is 3.05. The highest BCUT2D eigenvalue weighted by Crippen LogP contribution is 2.22. The molecule has 2 aromatic rings. The molecule has 2 rings (SSSR count). The van der Waals surface area contributed by atoms with Crippen molar-refractivity contribution >= 4 is 5.91 Å². The molecular weight excluding hydrogens is 228 g/mol. The fourth-order valence-corrected chi connectivity index (χ4v) is 1.87. The first-order chi connectivity index (χ1) is 8.63. The van der Waals surface area contributed by atoms with Crippen LogP contribution < -0.4 is 11.5 Å². The molecule has 1 aromatic carbocycles. The predicted molar refractivity (Wildman–Crippen MR) is 68.3 cm³/mol. The molecule has 0 bridgehead atoms. The lowest BCUT2D eigenvalue weighted by molar-refractivity contribution is -0.123. The molecule has 0 spiro atoms. The maximum atomic E-state index is 11.7. The molecule has 1 heterocycles. The second-order valence-electron chi connectivity index (χ2n) is 4.25. The van der Waals surface area contributed by atoms with E-state index in [9.17, 15) is 4.79 Å². The van der Waals surface area contributed by atoms with Crippen molar-refractivity contribution in [3.8, 4) is 0 Å². The number of nitrogens with two attached hydrogens (primary N) is 2. The fourth-order valence-electron chi connectivity index (χ4n) is 1.87. The third-order valence-electron chi connectivity index (χ3n) is 3.05. The van der Waals surface area contributed by atoms with Crippen LogP contribution in [0, 0.1) is 0 Å². The summed E-state index contributed by atoms with van der Waals surface area (Å²) in [5, 5.41) is 0. The lowest BCUT2D eigenvalue weighted by Crippen LogP contribution is -2.49. The molecule has 1 atom stereocenters. The Balaban J connectivity index is 2.20. The average molecular weight is 244 g/mol. The lowest BCUT2D eigenvalue weighted by atomic mass is 9.87. The summed E-state index contributed by atoms with van der Waals surface area (Å²) >= 11 is 0. The van der Waals surface area contributed by atoms with Crippen LogP contribution in [0.4, 0.5) is 0 Å². The van der Waals surface area contributed by atoms with E-state index in [1.807, 2.05) is 41.1 Å². The van der Waals surface area contributed by atoms with Gasteiger partial charge in [0, 0.05) is 18.9 Å². The van der Waals surface area contributed by atoms with Gasteiger partial charge in [0.1, 0.15) is 5.54 Å². The summed E-state index contributed by atoms with van der Waals surface area (Å²) in [5.41, 5.74) is 11.2. The molecule has 0 saturated heterocycles. The van der Waals surface area contributed by atoms with E-state index in [1.54, 1.807) is 12.5 Å². The number of imidazole rings is 1. The van der Waals surface area contributed by atoms with E-state index in [-0.39, 0.29) is 0 Å². The van der Waals surface area contributed by atoms with Gasteiger partial charge in [0.15, 0.2) is 0 Å². The Labute approximate surface area is 105 Å². The zero-order chi connectivity index (χ0) is 13.0. The topological polar surface area (TPSA) is 86.9 Å². The number of amides is 1. The van der Waals surface area contributed by atoms with Crippen molar-refractivity contribution in [2.45, 2.75) is 18.5 Å². The number of nitrogens with zero attached hydrogens (tertiary/aromatic N) is 2. The minimum Gasteiger partial charge on any atom is -0.368 e. The van der Waals surface area contributed by atoms with Gasteiger partial charge in [0.05, 0.1) is 6.33 Å². The molecule has 0 aliphatic heterocycles. The molecule has 1 amide bonds. The number of aryl methyl sites for hydroxylation is 1. The van der Waals surface area contributed by atoms with Crippen molar-refractivity contribution in [3.63, 3.8) is 0 Å². The number of aromatic nitrogens is 2. The molecular formula is C13H16N4O. The molecule has 0 aliphatic carbocycles. The first kappa shape index (κ1) is 12.3. The van der Waals surface area contributed by atoms with Gasteiger partial charge in [-0.3, -0.25) is 4.79 Å². The Bertz CT molecular complexity index is 509. The van der Waals surface area contributed by atoms with E-state index in [2.05, 4.69) is 4.98 Å². The Hall–Kier alpha value is -2.14. The van der Waals surface area contributed by atoms with Gasteiger partial charge >= 0.3 is 0 Å². The smallest absolute Gasteiger partial charge is 0.242 e. The van der Waals surface area contributed by atoms with E-state index in [0.717, 1.165) is 5.56 Å². The average Bonchev–Trinajstić information content (AvgIpc) is 2.90. The van der Waals surface area contributed by atoms with E-state index in [1.165, 1.54) is 0 Å².